The van der Waals surface area contributed by atoms with E-state index in [0.717, 1.165) is 11.8 Å². The predicted molar refractivity (Wildman–Crippen MR) is 62.7 cm³/mol. The average Bonchev–Trinajstić information content (AvgIpc) is 2.19. The second kappa shape index (κ2) is 4.70. The number of alkyl halides is 1. The summed E-state index contributed by atoms with van der Waals surface area (Å²) >= 11 is 6.18. The number of halogens is 1. The highest BCUT2D eigenvalue weighted by atomic mass is 35.5. The SMILES string of the molecule is CC1CCC(C2=CC(Cl)CCC2)CC1. The van der Waals surface area contributed by atoms with Crippen LogP contribution in [0.2, 0.25) is 0 Å². The first-order chi connectivity index (χ1) is 6.75. The van der Waals surface area contributed by atoms with Gasteiger partial charge in [0, 0.05) is 0 Å². The van der Waals surface area contributed by atoms with Gasteiger partial charge >= 0.3 is 0 Å². The Morgan fingerprint density at radius 2 is 1.86 bits per heavy atom. The Balaban J connectivity index is 1.94. The van der Waals surface area contributed by atoms with Gasteiger partial charge in [-0.15, -0.1) is 11.6 Å². The van der Waals surface area contributed by atoms with Gasteiger partial charge in [-0.2, -0.15) is 0 Å². The van der Waals surface area contributed by atoms with E-state index < -0.39 is 0 Å². The van der Waals surface area contributed by atoms with Crippen molar-refractivity contribution in [2.24, 2.45) is 11.8 Å². The molecule has 0 saturated heterocycles. The lowest BCUT2D eigenvalue weighted by atomic mass is 9.76. The van der Waals surface area contributed by atoms with Gasteiger partial charge in [-0.3, -0.25) is 0 Å². The van der Waals surface area contributed by atoms with Crippen molar-refractivity contribution in [2.45, 2.75) is 57.2 Å². The van der Waals surface area contributed by atoms with E-state index in [1.165, 1.54) is 44.9 Å². The minimum absolute atomic E-state index is 0.332. The smallest absolute Gasteiger partial charge is 0.0518 e. The summed E-state index contributed by atoms with van der Waals surface area (Å²) in [5, 5.41) is 0.332. The Labute approximate surface area is 92.7 Å². The average molecular weight is 213 g/mol. The van der Waals surface area contributed by atoms with Crippen LogP contribution < -0.4 is 0 Å². The Morgan fingerprint density at radius 3 is 2.50 bits per heavy atom. The van der Waals surface area contributed by atoms with E-state index >= 15 is 0 Å². The molecule has 14 heavy (non-hydrogen) atoms. The molecule has 80 valence electrons. The molecule has 0 nitrogen and oxygen atoms in total. The van der Waals surface area contributed by atoms with Crippen LogP contribution >= 0.6 is 11.6 Å². The van der Waals surface area contributed by atoms with Gasteiger partial charge < -0.3 is 0 Å². The molecule has 1 atom stereocenters. The van der Waals surface area contributed by atoms with Crippen molar-refractivity contribution in [3.63, 3.8) is 0 Å². The van der Waals surface area contributed by atoms with Crippen LogP contribution in [0.25, 0.3) is 0 Å². The molecule has 1 saturated carbocycles. The minimum Gasteiger partial charge on any atom is -0.118 e. The van der Waals surface area contributed by atoms with Crippen molar-refractivity contribution in [1.29, 1.82) is 0 Å². The Morgan fingerprint density at radius 1 is 1.14 bits per heavy atom. The summed E-state index contributed by atoms with van der Waals surface area (Å²) in [6.45, 7) is 2.38. The molecule has 0 aromatic rings. The van der Waals surface area contributed by atoms with Gasteiger partial charge in [0.1, 0.15) is 0 Å². The van der Waals surface area contributed by atoms with E-state index in [2.05, 4.69) is 13.0 Å². The summed E-state index contributed by atoms with van der Waals surface area (Å²) in [5.41, 5.74) is 1.68. The summed E-state index contributed by atoms with van der Waals surface area (Å²) in [4.78, 5) is 0. The van der Waals surface area contributed by atoms with Crippen LogP contribution in [0.15, 0.2) is 11.6 Å². The van der Waals surface area contributed by atoms with E-state index in [-0.39, 0.29) is 0 Å². The number of hydrogen-bond donors (Lipinski definition) is 0. The van der Waals surface area contributed by atoms with Crippen molar-refractivity contribution in [3.8, 4) is 0 Å². The van der Waals surface area contributed by atoms with Crippen LogP contribution in [0.1, 0.15) is 51.9 Å². The summed E-state index contributed by atoms with van der Waals surface area (Å²) in [6.07, 6.45) is 11.9. The van der Waals surface area contributed by atoms with Crippen molar-refractivity contribution in [3.05, 3.63) is 11.6 Å². The highest BCUT2D eigenvalue weighted by Gasteiger charge is 2.23. The lowest BCUT2D eigenvalue weighted by Crippen LogP contribution is -2.17. The predicted octanol–water partition coefficient (Wildman–Crippen LogP) is 4.53. The van der Waals surface area contributed by atoms with Gasteiger partial charge in [0.15, 0.2) is 0 Å². The molecule has 1 heteroatoms. The molecule has 2 rings (SSSR count). The largest absolute Gasteiger partial charge is 0.118 e. The van der Waals surface area contributed by atoms with Gasteiger partial charge in [-0.05, 0) is 43.9 Å². The molecule has 0 aromatic carbocycles. The van der Waals surface area contributed by atoms with Crippen LogP contribution in [0.4, 0.5) is 0 Å². The van der Waals surface area contributed by atoms with Crippen molar-refractivity contribution in [2.75, 3.05) is 0 Å². The lowest BCUT2D eigenvalue weighted by molar-refractivity contribution is 0.312. The van der Waals surface area contributed by atoms with E-state index in [4.69, 9.17) is 11.6 Å². The van der Waals surface area contributed by atoms with Crippen LogP contribution in [0, 0.1) is 11.8 Å². The summed E-state index contributed by atoms with van der Waals surface area (Å²) < 4.78 is 0. The van der Waals surface area contributed by atoms with Gasteiger partial charge in [0.25, 0.3) is 0 Å². The van der Waals surface area contributed by atoms with Gasteiger partial charge in [0.05, 0.1) is 5.38 Å². The molecule has 0 spiro atoms. The molecule has 0 bridgehead atoms. The molecule has 1 unspecified atom stereocenters. The van der Waals surface area contributed by atoms with Crippen LogP contribution in [0.5, 0.6) is 0 Å². The van der Waals surface area contributed by atoms with E-state index in [9.17, 15) is 0 Å². The Bertz CT molecular complexity index is 211. The van der Waals surface area contributed by atoms with E-state index in [0.29, 0.717) is 5.38 Å². The molecule has 2 aliphatic rings. The second-order valence-corrected chi connectivity index (χ2v) is 5.67. The monoisotopic (exact) mass is 212 g/mol. The molecule has 0 aliphatic heterocycles. The highest BCUT2D eigenvalue weighted by Crippen LogP contribution is 2.37. The lowest BCUT2D eigenvalue weighted by Gasteiger charge is -2.30. The summed E-state index contributed by atoms with van der Waals surface area (Å²) in [5.74, 6) is 1.84. The zero-order valence-corrected chi connectivity index (χ0v) is 9.89. The van der Waals surface area contributed by atoms with Crippen LogP contribution in [0.3, 0.4) is 0 Å². The third-order valence-electron chi connectivity index (χ3n) is 3.88. The summed E-state index contributed by atoms with van der Waals surface area (Å²) in [6, 6.07) is 0. The van der Waals surface area contributed by atoms with Crippen molar-refractivity contribution >= 4 is 11.6 Å². The van der Waals surface area contributed by atoms with E-state index in [1.807, 2.05) is 0 Å². The fourth-order valence-corrected chi connectivity index (χ4v) is 3.19. The fraction of sp³-hybridized carbons (Fsp3) is 0.846. The molecule has 0 amide bonds. The van der Waals surface area contributed by atoms with Gasteiger partial charge in [0.2, 0.25) is 0 Å². The highest BCUT2D eigenvalue weighted by molar-refractivity contribution is 6.21. The molecule has 0 aromatic heterocycles. The topological polar surface area (TPSA) is 0 Å². The van der Waals surface area contributed by atoms with Crippen molar-refractivity contribution < 1.29 is 0 Å². The molecule has 0 heterocycles. The Hall–Kier alpha value is 0.0300. The quantitative estimate of drug-likeness (QED) is 0.443. The van der Waals surface area contributed by atoms with Crippen molar-refractivity contribution in [1.82, 2.24) is 0 Å². The van der Waals surface area contributed by atoms with Crippen LogP contribution in [-0.2, 0) is 0 Å². The Kier molecular flexibility index (Phi) is 3.54. The third kappa shape index (κ3) is 2.53. The zero-order chi connectivity index (χ0) is 9.97. The van der Waals surface area contributed by atoms with Crippen LogP contribution in [-0.4, -0.2) is 5.38 Å². The fourth-order valence-electron chi connectivity index (χ4n) is 2.87. The first-order valence-corrected chi connectivity index (χ1v) is 6.54. The number of hydrogen-bond acceptors (Lipinski definition) is 0. The number of allylic oxidation sites excluding steroid dienone is 2. The third-order valence-corrected chi connectivity index (χ3v) is 4.22. The van der Waals surface area contributed by atoms with Gasteiger partial charge in [-0.25, -0.2) is 0 Å². The first kappa shape index (κ1) is 10.5. The standard InChI is InChI=1S/C13H21Cl/c1-10-5-7-11(8-6-10)12-3-2-4-13(14)9-12/h9-11,13H,2-8H2,1H3. The van der Waals surface area contributed by atoms with Gasteiger partial charge in [-0.1, -0.05) is 31.4 Å². The normalized spacial score (nSPS) is 39.3. The molecular formula is C13H21Cl. The molecule has 1 fully saturated rings. The number of rotatable bonds is 1. The maximum absolute atomic E-state index is 6.18. The second-order valence-electron chi connectivity index (χ2n) is 5.11. The molecular weight excluding hydrogens is 192 g/mol. The molecule has 0 radical (unpaired) electrons. The molecule has 2 aliphatic carbocycles. The maximum Gasteiger partial charge on any atom is 0.0518 e. The van der Waals surface area contributed by atoms with E-state index in [1.54, 1.807) is 5.57 Å². The first-order valence-electron chi connectivity index (χ1n) is 6.10. The molecule has 0 N–H and O–H groups in total. The summed E-state index contributed by atoms with van der Waals surface area (Å²) in [7, 11) is 0. The zero-order valence-electron chi connectivity index (χ0n) is 9.14. The maximum atomic E-state index is 6.18. The minimum atomic E-state index is 0.332.